The first-order valence-electron chi connectivity index (χ1n) is 7.75. The summed E-state index contributed by atoms with van der Waals surface area (Å²) in [5.74, 6) is 0.561. The molecule has 3 rings (SSSR count). The minimum atomic E-state index is 0.561. The van der Waals surface area contributed by atoms with Gasteiger partial charge in [-0.1, -0.05) is 42.0 Å². The van der Waals surface area contributed by atoms with E-state index in [-0.39, 0.29) is 0 Å². The highest BCUT2D eigenvalue weighted by Crippen LogP contribution is 2.25. The van der Waals surface area contributed by atoms with E-state index in [1.54, 1.807) is 0 Å². The molecule has 1 fully saturated rings. The van der Waals surface area contributed by atoms with Gasteiger partial charge in [0.1, 0.15) is 0 Å². The van der Waals surface area contributed by atoms with Crippen molar-refractivity contribution in [2.75, 3.05) is 6.54 Å². The molecule has 0 aliphatic heterocycles. The Bertz CT molecular complexity index is 587. The standard InChI is InChI=1S/C19H22IN/c1-14-3-2-4-16(11-14)17(13-21-19-9-10-19)12-15-5-7-18(20)8-6-15/h2-8,11,17,19,21H,9-10,12-13H2,1H3. The largest absolute Gasteiger partial charge is 0.313 e. The van der Waals surface area contributed by atoms with Crippen molar-refractivity contribution in [2.24, 2.45) is 0 Å². The summed E-state index contributed by atoms with van der Waals surface area (Å²) >= 11 is 2.37. The van der Waals surface area contributed by atoms with E-state index in [9.17, 15) is 0 Å². The number of nitrogens with one attached hydrogen (secondary N) is 1. The monoisotopic (exact) mass is 391 g/mol. The highest BCUT2D eigenvalue weighted by atomic mass is 127. The molecule has 2 aromatic rings. The van der Waals surface area contributed by atoms with Gasteiger partial charge in [-0.2, -0.15) is 0 Å². The van der Waals surface area contributed by atoms with Crippen LogP contribution in [0.4, 0.5) is 0 Å². The zero-order chi connectivity index (χ0) is 14.7. The van der Waals surface area contributed by atoms with Gasteiger partial charge in [0.25, 0.3) is 0 Å². The van der Waals surface area contributed by atoms with Gasteiger partial charge >= 0.3 is 0 Å². The summed E-state index contributed by atoms with van der Waals surface area (Å²) < 4.78 is 1.31. The van der Waals surface area contributed by atoms with Gasteiger partial charge in [0, 0.05) is 22.1 Å². The zero-order valence-electron chi connectivity index (χ0n) is 12.5. The van der Waals surface area contributed by atoms with Crippen molar-refractivity contribution < 1.29 is 0 Å². The molecule has 0 spiro atoms. The van der Waals surface area contributed by atoms with Crippen LogP contribution in [-0.4, -0.2) is 12.6 Å². The molecule has 21 heavy (non-hydrogen) atoms. The molecule has 110 valence electrons. The Balaban J connectivity index is 1.75. The third-order valence-corrected chi connectivity index (χ3v) is 4.86. The lowest BCUT2D eigenvalue weighted by atomic mass is 9.91. The molecule has 1 atom stereocenters. The van der Waals surface area contributed by atoms with Crippen LogP contribution in [0.5, 0.6) is 0 Å². The predicted molar refractivity (Wildman–Crippen MR) is 97.8 cm³/mol. The normalized spacial score (nSPS) is 15.9. The van der Waals surface area contributed by atoms with Gasteiger partial charge in [-0.15, -0.1) is 0 Å². The first kappa shape index (κ1) is 15.0. The van der Waals surface area contributed by atoms with Crippen molar-refractivity contribution in [3.05, 3.63) is 68.8 Å². The molecule has 1 aliphatic rings. The molecular weight excluding hydrogens is 369 g/mol. The van der Waals surface area contributed by atoms with Gasteiger partial charge in [-0.3, -0.25) is 0 Å². The number of aryl methyl sites for hydroxylation is 1. The fraction of sp³-hybridized carbons (Fsp3) is 0.368. The summed E-state index contributed by atoms with van der Waals surface area (Å²) in [6, 6.07) is 18.7. The maximum absolute atomic E-state index is 3.70. The molecule has 1 saturated carbocycles. The topological polar surface area (TPSA) is 12.0 Å². The second kappa shape index (κ2) is 6.93. The van der Waals surface area contributed by atoms with Gasteiger partial charge in [-0.05, 0) is 72.0 Å². The van der Waals surface area contributed by atoms with E-state index in [0.29, 0.717) is 5.92 Å². The lowest BCUT2D eigenvalue weighted by Gasteiger charge is -2.19. The maximum atomic E-state index is 3.70. The van der Waals surface area contributed by atoms with Gasteiger partial charge in [-0.25, -0.2) is 0 Å². The lowest BCUT2D eigenvalue weighted by molar-refractivity contribution is 0.577. The number of hydrogen-bond donors (Lipinski definition) is 1. The number of hydrogen-bond acceptors (Lipinski definition) is 1. The molecule has 1 N–H and O–H groups in total. The Labute approximate surface area is 141 Å². The van der Waals surface area contributed by atoms with Crippen LogP contribution in [0.3, 0.4) is 0 Å². The lowest BCUT2D eigenvalue weighted by Crippen LogP contribution is -2.24. The fourth-order valence-electron chi connectivity index (χ4n) is 2.73. The minimum absolute atomic E-state index is 0.561. The summed E-state index contributed by atoms with van der Waals surface area (Å²) in [7, 11) is 0. The fourth-order valence-corrected chi connectivity index (χ4v) is 3.09. The number of benzene rings is 2. The quantitative estimate of drug-likeness (QED) is 0.706. The molecular formula is C19H22IN. The van der Waals surface area contributed by atoms with Crippen molar-refractivity contribution in [1.29, 1.82) is 0 Å². The smallest absolute Gasteiger partial charge is 0.0130 e. The van der Waals surface area contributed by atoms with E-state index in [0.717, 1.165) is 19.0 Å². The summed E-state index contributed by atoms with van der Waals surface area (Å²) in [4.78, 5) is 0. The van der Waals surface area contributed by atoms with Crippen molar-refractivity contribution in [2.45, 2.75) is 38.1 Å². The molecule has 0 heterocycles. The van der Waals surface area contributed by atoms with Crippen LogP contribution in [0.1, 0.15) is 35.4 Å². The van der Waals surface area contributed by atoms with Gasteiger partial charge < -0.3 is 5.32 Å². The van der Waals surface area contributed by atoms with Crippen LogP contribution in [0.15, 0.2) is 48.5 Å². The molecule has 0 aromatic heterocycles. The second-order valence-electron chi connectivity index (χ2n) is 6.12. The third-order valence-electron chi connectivity index (χ3n) is 4.14. The first-order chi connectivity index (χ1) is 10.2. The van der Waals surface area contributed by atoms with Crippen LogP contribution < -0.4 is 5.32 Å². The molecule has 0 saturated heterocycles. The predicted octanol–water partition coefficient (Wildman–Crippen LogP) is 4.68. The van der Waals surface area contributed by atoms with Crippen molar-refractivity contribution in [1.82, 2.24) is 5.32 Å². The third kappa shape index (κ3) is 4.55. The van der Waals surface area contributed by atoms with Crippen molar-refractivity contribution >= 4 is 22.6 Å². The summed E-state index contributed by atoms with van der Waals surface area (Å²) in [5, 5.41) is 3.70. The van der Waals surface area contributed by atoms with Crippen LogP contribution in [0.2, 0.25) is 0 Å². The molecule has 2 heteroatoms. The average molecular weight is 391 g/mol. The number of halogens is 1. The highest BCUT2D eigenvalue weighted by Gasteiger charge is 2.22. The Hall–Kier alpha value is -0.870. The van der Waals surface area contributed by atoms with Gasteiger partial charge in [0.05, 0.1) is 0 Å². The van der Waals surface area contributed by atoms with E-state index in [2.05, 4.69) is 83.4 Å². The van der Waals surface area contributed by atoms with Crippen molar-refractivity contribution in [3.8, 4) is 0 Å². The van der Waals surface area contributed by atoms with Crippen LogP contribution in [-0.2, 0) is 6.42 Å². The molecule has 0 bridgehead atoms. The zero-order valence-corrected chi connectivity index (χ0v) is 14.6. The Morgan fingerprint density at radius 1 is 1.14 bits per heavy atom. The van der Waals surface area contributed by atoms with E-state index in [1.807, 2.05) is 0 Å². The summed E-state index contributed by atoms with van der Waals surface area (Å²) in [6.07, 6.45) is 3.81. The SMILES string of the molecule is Cc1cccc(C(CNC2CC2)Cc2ccc(I)cc2)c1. The molecule has 0 radical (unpaired) electrons. The average Bonchev–Trinajstić information content (AvgIpc) is 3.30. The van der Waals surface area contributed by atoms with E-state index < -0.39 is 0 Å². The van der Waals surface area contributed by atoms with Gasteiger partial charge in [0.2, 0.25) is 0 Å². The number of rotatable bonds is 6. The molecule has 1 nitrogen and oxygen atoms in total. The Morgan fingerprint density at radius 3 is 2.57 bits per heavy atom. The molecule has 1 unspecified atom stereocenters. The van der Waals surface area contributed by atoms with E-state index >= 15 is 0 Å². The van der Waals surface area contributed by atoms with E-state index in [1.165, 1.54) is 33.1 Å². The van der Waals surface area contributed by atoms with Gasteiger partial charge in [0.15, 0.2) is 0 Å². The minimum Gasteiger partial charge on any atom is -0.313 e. The second-order valence-corrected chi connectivity index (χ2v) is 7.37. The highest BCUT2D eigenvalue weighted by molar-refractivity contribution is 14.1. The van der Waals surface area contributed by atoms with Crippen LogP contribution in [0.25, 0.3) is 0 Å². The van der Waals surface area contributed by atoms with E-state index in [4.69, 9.17) is 0 Å². The molecule has 1 aliphatic carbocycles. The summed E-state index contributed by atoms with van der Waals surface area (Å²) in [5.41, 5.74) is 4.24. The van der Waals surface area contributed by atoms with Crippen LogP contribution >= 0.6 is 22.6 Å². The van der Waals surface area contributed by atoms with Crippen molar-refractivity contribution in [3.63, 3.8) is 0 Å². The maximum Gasteiger partial charge on any atom is 0.0130 e. The first-order valence-corrected chi connectivity index (χ1v) is 8.83. The van der Waals surface area contributed by atoms with Crippen LogP contribution in [0, 0.1) is 10.5 Å². The summed E-state index contributed by atoms with van der Waals surface area (Å²) in [6.45, 7) is 3.26. The Kier molecular flexibility index (Phi) is 4.96. The Morgan fingerprint density at radius 2 is 1.90 bits per heavy atom. The molecule has 2 aromatic carbocycles. The molecule has 0 amide bonds.